The average Bonchev–Trinajstić information content (AvgIpc) is 3.22. The Morgan fingerprint density at radius 2 is 0.788 bits per heavy atom. The highest BCUT2D eigenvalue weighted by atomic mass is 15.0. The summed E-state index contributed by atoms with van der Waals surface area (Å²) in [6.07, 6.45) is 5.47. The van der Waals surface area contributed by atoms with E-state index in [4.69, 9.17) is 24.9 Å². The van der Waals surface area contributed by atoms with Crippen LogP contribution in [0.5, 0.6) is 0 Å². The van der Waals surface area contributed by atoms with Gasteiger partial charge in [-0.15, -0.1) is 0 Å². The van der Waals surface area contributed by atoms with Crippen LogP contribution in [-0.4, -0.2) is 29.9 Å². The van der Waals surface area contributed by atoms with E-state index in [9.17, 15) is 0 Å². The number of benzene rings is 6. The first-order valence-electron chi connectivity index (χ1n) is 17.2. The summed E-state index contributed by atoms with van der Waals surface area (Å²) >= 11 is 0. The lowest BCUT2D eigenvalue weighted by Gasteiger charge is -2.17. The van der Waals surface area contributed by atoms with Gasteiger partial charge in [0, 0.05) is 40.5 Å². The maximum absolute atomic E-state index is 5.14. The first-order chi connectivity index (χ1) is 25.8. The maximum atomic E-state index is 5.14. The van der Waals surface area contributed by atoms with Gasteiger partial charge >= 0.3 is 0 Å². The number of rotatable bonds is 5. The van der Waals surface area contributed by atoms with Crippen molar-refractivity contribution >= 4 is 43.4 Å². The molecule has 6 nitrogen and oxygen atoms in total. The lowest BCUT2D eigenvalue weighted by molar-refractivity contribution is 1.06. The van der Waals surface area contributed by atoms with Crippen molar-refractivity contribution in [3.63, 3.8) is 0 Å². The Labute approximate surface area is 299 Å². The molecule has 4 heterocycles. The van der Waals surface area contributed by atoms with Gasteiger partial charge in [-0.2, -0.15) is 0 Å². The van der Waals surface area contributed by atoms with Crippen LogP contribution in [0.1, 0.15) is 0 Å². The number of fused-ring (bicyclic) bond motifs is 4. The Bertz CT molecular complexity index is 2660. The minimum Gasteiger partial charge on any atom is -0.256 e. The quantitative estimate of drug-likeness (QED) is 0.170. The van der Waals surface area contributed by atoms with E-state index in [1.807, 2.05) is 73.1 Å². The van der Waals surface area contributed by atoms with E-state index in [2.05, 4.69) is 96.0 Å². The first kappa shape index (κ1) is 29.7. The fraction of sp³-hybridized carbons (Fsp3) is 0. The van der Waals surface area contributed by atoms with E-state index in [0.717, 1.165) is 76.7 Å². The van der Waals surface area contributed by atoms with Crippen molar-refractivity contribution in [3.8, 4) is 56.5 Å². The molecule has 0 atom stereocenters. The molecule has 0 bridgehead atoms. The predicted octanol–water partition coefficient (Wildman–Crippen LogP) is 11.0. The molecule has 6 heteroatoms. The maximum Gasteiger partial charge on any atom is 0.182 e. The van der Waals surface area contributed by atoms with Crippen LogP contribution in [0.4, 0.5) is 0 Å². The van der Waals surface area contributed by atoms with Gasteiger partial charge in [-0.3, -0.25) is 15.0 Å². The normalized spacial score (nSPS) is 11.5. The molecule has 10 rings (SSSR count). The summed E-state index contributed by atoms with van der Waals surface area (Å²) in [7, 11) is 0. The van der Waals surface area contributed by atoms with Crippen molar-refractivity contribution in [3.05, 3.63) is 170 Å². The van der Waals surface area contributed by atoms with Gasteiger partial charge in [0.15, 0.2) is 17.5 Å². The summed E-state index contributed by atoms with van der Waals surface area (Å²) in [6.45, 7) is 0. The van der Waals surface area contributed by atoms with Gasteiger partial charge in [0.1, 0.15) is 5.69 Å². The highest BCUT2D eigenvalue weighted by Gasteiger charge is 2.19. The fourth-order valence-electron chi connectivity index (χ4n) is 7.27. The molecule has 52 heavy (non-hydrogen) atoms. The van der Waals surface area contributed by atoms with Crippen LogP contribution < -0.4 is 0 Å². The summed E-state index contributed by atoms with van der Waals surface area (Å²) in [5, 5.41) is 6.68. The van der Waals surface area contributed by atoms with Crippen molar-refractivity contribution in [1.29, 1.82) is 0 Å². The first-order valence-corrected chi connectivity index (χ1v) is 17.2. The summed E-state index contributed by atoms with van der Waals surface area (Å²) in [5.74, 6) is 1.65. The van der Waals surface area contributed by atoms with E-state index in [1.165, 1.54) is 0 Å². The SMILES string of the molecule is c1ccc(-c2nc(-c3cc(-c4c5ccccc5cc5ncccc45)cc(-c4c5ccccc5cc5ncccc45)c3)nc(-c3ccccn3)n2)cc1. The molecule has 0 saturated heterocycles. The lowest BCUT2D eigenvalue weighted by atomic mass is 9.88. The smallest absolute Gasteiger partial charge is 0.182 e. The molecular weight excluding hydrogens is 637 g/mol. The second kappa shape index (κ2) is 12.3. The van der Waals surface area contributed by atoms with Gasteiger partial charge in [0.2, 0.25) is 0 Å². The van der Waals surface area contributed by atoms with Crippen LogP contribution in [0, 0.1) is 0 Å². The van der Waals surface area contributed by atoms with Crippen LogP contribution in [0.2, 0.25) is 0 Å². The van der Waals surface area contributed by atoms with E-state index in [0.29, 0.717) is 23.2 Å². The van der Waals surface area contributed by atoms with E-state index in [1.54, 1.807) is 6.20 Å². The van der Waals surface area contributed by atoms with Crippen molar-refractivity contribution in [1.82, 2.24) is 29.9 Å². The zero-order chi connectivity index (χ0) is 34.4. The Kier molecular flexibility index (Phi) is 7.03. The molecule has 0 aliphatic heterocycles. The molecule has 0 unspecified atom stereocenters. The van der Waals surface area contributed by atoms with Crippen LogP contribution >= 0.6 is 0 Å². The van der Waals surface area contributed by atoms with Crippen molar-refractivity contribution < 1.29 is 0 Å². The molecule has 0 N–H and O–H groups in total. The lowest BCUT2D eigenvalue weighted by Crippen LogP contribution is -2.01. The number of nitrogens with zero attached hydrogens (tertiary/aromatic N) is 6. The molecular formula is C46H28N6. The number of aromatic nitrogens is 6. The third-order valence-electron chi connectivity index (χ3n) is 9.59. The highest BCUT2D eigenvalue weighted by Crippen LogP contribution is 2.43. The second-order valence-electron chi connectivity index (χ2n) is 12.8. The van der Waals surface area contributed by atoms with Crippen LogP contribution in [-0.2, 0) is 0 Å². The van der Waals surface area contributed by atoms with Crippen molar-refractivity contribution in [2.24, 2.45) is 0 Å². The number of hydrogen-bond donors (Lipinski definition) is 0. The Hall–Kier alpha value is -7.18. The minimum atomic E-state index is 0.510. The topological polar surface area (TPSA) is 77.3 Å². The highest BCUT2D eigenvalue weighted by molar-refractivity contribution is 6.15. The summed E-state index contributed by atoms with van der Waals surface area (Å²) in [5.41, 5.74) is 8.59. The zero-order valence-electron chi connectivity index (χ0n) is 27.8. The largest absolute Gasteiger partial charge is 0.256 e. The van der Waals surface area contributed by atoms with Gasteiger partial charge in [0.05, 0.1) is 11.0 Å². The molecule has 0 saturated carbocycles. The Morgan fingerprint density at radius 1 is 0.308 bits per heavy atom. The van der Waals surface area contributed by atoms with E-state index in [-0.39, 0.29) is 0 Å². The summed E-state index contributed by atoms with van der Waals surface area (Å²) < 4.78 is 0. The third kappa shape index (κ3) is 5.13. The van der Waals surface area contributed by atoms with Crippen molar-refractivity contribution in [2.45, 2.75) is 0 Å². The van der Waals surface area contributed by atoms with Gasteiger partial charge < -0.3 is 0 Å². The van der Waals surface area contributed by atoms with Crippen LogP contribution in [0.25, 0.3) is 99.9 Å². The molecule has 0 spiro atoms. The van der Waals surface area contributed by atoms with Crippen molar-refractivity contribution in [2.75, 3.05) is 0 Å². The average molecular weight is 665 g/mol. The van der Waals surface area contributed by atoms with Gasteiger partial charge in [-0.1, -0.05) is 97.1 Å². The fourth-order valence-corrected chi connectivity index (χ4v) is 7.27. The molecule has 0 aliphatic carbocycles. The molecule has 0 radical (unpaired) electrons. The molecule has 4 aromatic heterocycles. The number of pyridine rings is 3. The Balaban J connectivity index is 1.33. The minimum absolute atomic E-state index is 0.510. The molecule has 0 amide bonds. The standard InChI is InChI=1S/C46H28N6/c1-2-12-29(13-3-1)44-50-45(52-46(51-44)39-20-8-9-21-47-39)34-25-32(42-35-16-6-4-14-30(35)27-40-37(42)18-10-22-48-40)24-33(26-34)43-36-17-7-5-15-31(36)28-41-38(43)19-11-23-49-41/h1-28H. The van der Waals surface area contributed by atoms with Gasteiger partial charge in [-0.05, 0) is 98.4 Å². The molecule has 0 aliphatic rings. The second-order valence-corrected chi connectivity index (χ2v) is 12.8. The molecule has 0 fully saturated rings. The Morgan fingerprint density at radius 3 is 1.38 bits per heavy atom. The van der Waals surface area contributed by atoms with E-state index < -0.39 is 0 Å². The molecule has 10 aromatic rings. The molecule has 242 valence electrons. The molecule has 6 aromatic carbocycles. The summed E-state index contributed by atoms with van der Waals surface area (Å²) in [4.78, 5) is 29.4. The van der Waals surface area contributed by atoms with Crippen LogP contribution in [0.15, 0.2) is 170 Å². The zero-order valence-corrected chi connectivity index (χ0v) is 27.8. The third-order valence-corrected chi connectivity index (χ3v) is 9.59. The summed E-state index contributed by atoms with van der Waals surface area (Å²) in [6, 6.07) is 52.2. The monoisotopic (exact) mass is 664 g/mol. The van der Waals surface area contributed by atoms with E-state index >= 15 is 0 Å². The van der Waals surface area contributed by atoms with Gasteiger partial charge in [-0.25, -0.2) is 15.0 Å². The number of hydrogen-bond acceptors (Lipinski definition) is 6. The van der Waals surface area contributed by atoms with Crippen LogP contribution in [0.3, 0.4) is 0 Å². The van der Waals surface area contributed by atoms with Gasteiger partial charge in [0.25, 0.3) is 0 Å². The predicted molar refractivity (Wildman–Crippen MR) is 210 cm³/mol.